The molecule has 1 aromatic rings. The van der Waals surface area contributed by atoms with Gasteiger partial charge in [0.05, 0.1) is 0 Å². The Kier molecular flexibility index (Phi) is 5.79. The lowest BCUT2D eigenvalue weighted by Gasteiger charge is -2.12. The molecule has 1 amide bonds. The van der Waals surface area contributed by atoms with Gasteiger partial charge in [-0.15, -0.1) is 0 Å². The lowest BCUT2D eigenvalue weighted by Crippen LogP contribution is -2.39. The molecule has 6 nitrogen and oxygen atoms in total. The minimum atomic E-state index is -0.0420. The predicted molar refractivity (Wildman–Crippen MR) is 98.9 cm³/mol. The molecule has 0 aliphatic heterocycles. The standard InChI is InChI=1S/C19H28N4O2/c1-13-11-17(13)23-19(20-2)21-10-9-14-3-7-16(8-4-14)25-12-18(24)22-15-5-6-15/h3-4,7-8,13,15,17H,5-6,9-12H2,1-2H3,(H,22,24)(H2,20,21,23). The molecular weight excluding hydrogens is 316 g/mol. The average Bonchev–Trinajstić information content (AvgIpc) is 3.53. The lowest BCUT2D eigenvalue weighted by molar-refractivity contribution is -0.123. The number of nitrogens with one attached hydrogen (secondary N) is 3. The number of amides is 1. The zero-order chi connectivity index (χ0) is 17.6. The molecule has 2 unspecified atom stereocenters. The summed E-state index contributed by atoms with van der Waals surface area (Å²) in [5, 5.41) is 9.67. The van der Waals surface area contributed by atoms with Crippen molar-refractivity contribution >= 4 is 11.9 Å². The van der Waals surface area contributed by atoms with E-state index < -0.39 is 0 Å². The van der Waals surface area contributed by atoms with Crippen molar-refractivity contribution in [3.8, 4) is 5.75 Å². The Morgan fingerprint density at radius 3 is 2.56 bits per heavy atom. The summed E-state index contributed by atoms with van der Waals surface area (Å²) in [6.45, 7) is 3.15. The number of hydrogen-bond acceptors (Lipinski definition) is 3. The fourth-order valence-electron chi connectivity index (χ4n) is 2.62. The van der Waals surface area contributed by atoms with Crippen LogP contribution in [0.15, 0.2) is 29.3 Å². The van der Waals surface area contributed by atoms with Gasteiger partial charge in [-0.05, 0) is 49.3 Å². The van der Waals surface area contributed by atoms with Gasteiger partial charge >= 0.3 is 0 Å². The highest BCUT2D eigenvalue weighted by molar-refractivity contribution is 5.80. The van der Waals surface area contributed by atoms with Gasteiger partial charge in [-0.2, -0.15) is 0 Å². The molecule has 2 saturated carbocycles. The second kappa shape index (κ2) is 8.23. The van der Waals surface area contributed by atoms with Crippen LogP contribution < -0.4 is 20.7 Å². The Morgan fingerprint density at radius 1 is 1.24 bits per heavy atom. The molecule has 0 radical (unpaired) electrons. The van der Waals surface area contributed by atoms with Gasteiger partial charge in [0, 0.05) is 25.7 Å². The molecule has 0 spiro atoms. The van der Waals surface area contributed by atoms with Crippen LogP contribution in [-0.2, 0) is 11.2 Å². The number of nitrogens with zero attached hydrogens (tertiary/aromatic N) is 1. The maximum atomic E-state index is 11.6. The van der Waals surface area contributed by atoms with Crippen LogP contribution in [0, 0.1) is 5.92 Å². The number of rotatable bonds is 8. The van der Waals surface area contributed by atoms with Crippen LogP contribution in [0.1, 0.15) is 31.7 Å². The molecule has 2 fully saturated rings. The largest absolute Gasteiger partial charge is 0.484 e. The molecule has 0 aromatic heterocycles. The monoisotopic (exact) mass is 344 g/mol. The van der Waals surface area contributed by atoms with E-state index in [1.54, 1.807) is 7.05 Å². The summed E-state index contributed by atoms with van der Waals surface area (Å²) in [7, 11) is 1.80. The van der Waals surface area contributed by atoms with Crippen molar-refractivity contribution in [1.82, 2.24) is 16.0 Å². The molecular formula is C19H28N4O2. The molecule has 0 heterocycles. The van der Waals surface area contributed by atoms with Crippen molar-refractivity contribution in [3.63, 3.8) is 0 Å². The van der Waals surface area contributed by atoms with Crippen molar-refractivity contribution in [2.45, 2.75) is 44.7 Å². The Labute approximate surface area is 149 Å². The lowest BCUT2D eigenvalue weighted by atomic mass is 10.1. The van der Waals surface area contributed by atoms with E-state index in [-0.39, 0.29) is 12.5 Å². The molecule has 136 valence electrons. The van der Waals surface area contributed by atoms with Crippen LogP contribution in [-0.4, -0.2) is 44.1 Å². The van der Waals surface area contributed by atoms with Gasteiger partial charge in [-0.3, -0.25) is 9.79 Å². The molecule has 1 aromatic carbocycles. The molecule has 0 bridgehead atoms. The van der Waals surface area contributed by atoms with Crippen molar-refractivity contribution in [1.29, 1.82) is 0 Å². The van der Waals surface area contributed by atoms with Crippen LogP contribution in [0.5, 0.6) is 5.75 Å². The van der Waals surface area contributed by atoms with Gasteiger partial charge in [-0.25, -0.2) is 0 Å². The maximum Gasteiger partial charge on any atom is 0.258 e. The molecule has 2 atom stereocenters. The van der Waals surface area contributed by atoms with E-state index in [1.165, 1.54) is 12.0 Å². The quantitative estimate of drug-likeness (QED) is 0.493. The average molecular weight is 344 g/mol. The van der Waals surface area contributed by atoms with Crippen molar-refractivity contribution in [2.75, 3.05) is 20.2 Å². The van der Waals surface area contributed by atoms with Crippen LogP contribution >= 0.6 is 0 Å². The summed E-state index contributed by atoms with van der Waals surface area (Å²) >= 11 is 0. The SMILES string of the molecule is CN=C(NCCc1ccc(OCC(=O)NC2CC2)cc1)NC1CC1C. The first-order valence-electron chi connectivity index (χ1n) is 9.12. The van der Waals surface area contributed by atoms with E-state index >= 15 is 0 Å². The summed E-state index contributed by atoms with van der Waals surface area (Å²) < 4.78 is 5.52. The van der Waals surface area contributed by atoms with Gasteiger partial charge in [-0.1, -0.05) is 19.1 Å². The van der Waals surface area contributed by atoms with Crippen LogP contribution in [0.2, 0.25) is 0 Å². The topological polar surface area (TPSA) is 74.8 Å². The van der Waals surface area contributed by atoms with Crippen LogP contribution in [0.25, 0.3) is 0 Å². The number of carbonyl (C=O) groups excluding carboxylic acids is 1. The Bertz CT molecular complexity index is 610. The molecule has 3 N–H and O–H groups in total. The molecule has 2 aliphatic rings. The van der Waals surface area contributed by atoms with E-state index in [4.69, 9.17) is 4.74 Å². The minimum Gasteiger partial charge on any atom is -0.484 e. The second-order valence-corrected chi connectivity index (χ2v) is 6.99. The zero-order valence-electron chi connectivity index (χ0n) is 15.0. The molecule has 6 heteroatoms. The molecule has 25 heavy (non-hydrogen) atoms. The third-order valence-electron chi connectivity index (χ3n) is 4.60. The van der Waals surface area contributed by atoms with Crippen LogP contribution in [0.4, 0.5) is 0 Å². The van der Waals surface area contributed by atoms with E-state index in [0.29, 0.717) is 12.1 Å². The molecule has 2 aliphatic carbocycles. The normalized spacial score (nSPS) is 22.2. The zero-order valence-corrected chi connectivity index (χ0v) is 15.0. The van der Waals surface area contributed by atoms with Crippen molar-refractivity contribution < 1.29 is 9.53 Å². The van der Waals surface area contributed by atoms with Gasteiger partial charge in [0.25, 0.3) is 5.91 Å². The Morgan fingerprint density at radius 2 is 1.96 bits per heavy atom. The number of carbonyl (C=O) groups is 1. The van der Waals surface area contributed by atoms with Crippen molar-refractivity contribution in [2.24, 2.45) is 10.9 Å². The number of ether oxygens (including phenoxy) is 1. The van der Waals surface area contributed by atoms with Crippen LogP contribution in [0.3, 0.4) is 0 Å². The molecule has 3 rings (SSSR count). The van der Waals surface area contributed by atoms with Gasteiger partial charge in [0.1, 0.15) is 5.75 Å². The summed E-state index contributed by atoms with van der Waals surface area (Å²) in [6, 6.07) is 8.85. The summed E-state index contributed by atoms with van der Waals surface area (Å²) in [5.74, 6) is 2.30. The summed E-state index contributed by atoms with van der Waals surface area (Å²) in [4.78, 5) is 15.9. The van der Waals surface area contributed by atoms with Crippen molar-refractivity contribution in [3.05, 3.63) is 29.8 Å². The van der Waals surface area contributed by atoms with E-state index in [9.17, 15) is 4.79 Å². The van der Waals surface area contributed by atoms with Gasteiger partial charge < -0.3 is 20.7 Å². The van der Waals surface area contributed by atoms with E-state index in [0.717, 1.165) is 43.4 Å². The first kappa shape index (κ1) is 17.6. The number of hydrogen-bond donors (Lipinski definition) is 3. The predicted octanol–water partition coefficient (Wildman–Crippen LogP) is 1.46. The Balaban J connectivity index is 1.34. The minimum absolute atomic E-state index is 0.0420. The molecule has 0 saturated heterocycles. The van der Waals surface area contributed by atoms with E-state index in [2.05, 4.69) is 27.9 Å². The number of guanidine groups is 1. The third kappa shape index (κ3) is 5.96. The smallest absolute Gasteiger partial charge is 0.258 e. The highest BCUT2D eigenvalue weighted by Crippen LogP contribution is 2.28. The second-order valence-electron chi connectivity index (χ2n) is 6.99. The Hall–Kier alpha value is -2.24. The third-order valence-corrected chi connectivity index (χ3v) is 4.60. The van der Waals surface area contributed by atoms with Gasteiger partial charge in [0.2, 0.25) is 0 Å². The summed E-state index contributed by atoms with van der Waals surface area (Å²) in [6.07, 6.45) is 4.31. The fraction of sp³-hybridized carbons (Fsp3) is 0.579. The fourth-order valence-corrected chi connectivity index (χ4v) is 2.62. The first-order valence-corrected chi connectivity index (χ1v) is 9.12. The maximum absolute atomic E-state index is 11.6. The highest BCUT2D eigenvalue weighted by Gasteiger charge is 2.33. The summed E-state index contributed by atoms with van der Waals surface area (Å²) in [5.41, 5.74) is 1.22. The highest BCUT2D eigenvalue weighted by atomic mass is 16.5. The number of benzene rings is 1. The first-order chi connectivity index (χ1) is 12.1. The van der Waals surface area contributed by atoms with Gasteiger partial charge in [0.15, 0.2) is 12.6 Å². The van der Waals surface area contributed by atoms with E-state index in [1.807, 2.05) is 24.3 Å². The number of aliphatic imine (C=N–C) groups is 1.